The molecule has 3 aromatic carbocycles. The molecular formula is C29H23NO6. The van der Waals surface area contributed by atoms with Crippen LogP contribution < -0.4 is 10.7 Å². The highest BCUT2D eigenvalue weighted by atomic mass is 16.5. The van der Waals surface area contributed by atoms with Gasteiger partial charge in [0.2, 0.25) is 5.76 Å². The smallest absolute Gasteiger partial charge is 0.407 e. The number of amides is 1. The van der Waals surface area contributed by atoms with E-state index in [1.165, 1.54) is 11.1 Å². The Labute approximate surface area is 206 Å². The van der Waals surface area contributed by atoms with Gasteiger partial charge in [-0.25, -0.2) is 9.59 Å². The minimum absolute atomic E-state index is 0.0140. The first-order valence-electron chi connectivity index (χ1n) is 11.6. The van der Waals surface area contributed by atoms with Crippen molar-refractivity contribution < 1.29 is 23.8 Å². The molecule has 5 rings (SSSR count). The lowest BCUT2D eigenvalue weighted by atomic mass is 9.98. The largest absolute Gasteiger partial charge is 0.475 e. The minimum Gasteiger partial charge on any atom is -0.475 e. The molecule has 7 nitrogen and oxygen atoms in total. The van der Waals surface area contributed by atoms with Crippen molar-refractivity contribution in [1.29, 1.82) is 0 Å². The topological polar surface area (TPSA) is 106 Å². The van der Waals surface area contributed by atoms with Crippen LogP contribution in [0.4, 0.5) is 4.79 Å². The molecule has 4 aromatic rings. The van der Waals surface area contributed by atoms with Crippen LogP contribution in [0.3, 0.4) is 0 Å². The zero-order chi connectivity index (χ0) is 25.1. The Morgan fingerprint density at radius 3 is 2.36 bits per heavy atom. The van der Waals surface area contributed by atoms with Gasteiger partial charge >= 0.3 is 12.1 Å². The van der Waals surface area contributed by atoms with E-state index in [4.69, 9.17) is 14.3 Å². The van der Waals surface area contributed by atoms with E-state index in [1.54, 1.807) is 18.2 Å². The van der Waals surface area contributed by atoms with E-state index in [9.17, 15) is 14.4 Å². The molecule has 1 heterocycles. The van der Waals surface area contributed by atoms with Gasteiger partial charge in [0, 0.05) is 18.5 Å². The number of carbonyl (C=O) groups excluding carboxylic acids is 1. The summed E-state index contributed by atoms with van der Waals surface area (Å²) < 4.78 is 10.8. The number of carbonyl (C=O) groups is 2. The number of alkyl carbamates (subject to hydrolysis) is 1. The summed E-state index contributed by atoms with van der Waals surface area (Å²) in [7, 11) is 0. The molecule has 7 heteroatoms. The maximum absolute atomic E-state index is 12.3. The van der Waals surface area contributed by atoms with Crippen molar-refractivity contribution in [2.45, 2.75) is 12.3 Å². The normalized spacial score (nSPS) is 12.4. The number of carboxylic acid groups (broad SMARTS) is 1. The van der Waals surface area contributed by atoms with Gasteiger partial charge in [-0.3, -0.25) is 4.79 Å². The molecule has 0 saturated carbocycles. The second kappa shape index (κ2) is 9.92. The fourth-order valence-electron chi connectivity index (χ4n) is 4.51. The Bertz CT molecular complexity index is 1510. The van der Waals surface area contributed by atoms with Gasteiger partial charge in [0.05, 0.1) is 5.39 Å². The average molecular weight is 482 g/mol. The molecule has 0 spiro atoms. The van der Waals surface area contributed by atoms with E-state index in [0.29, 0.717) is 18.4 Å². The first kappa shape index (κ1) is 23.1. The SMILES string of the molecule is O=C(NCCC=Cc1ccc2oc(C(=O)O)cc(=O)c2c1)OCC1c2ccccc2-c2ccccc21. The summed E-state index contributed by atoms with van der Waals surface area (Å²) in [6.07, 6.45) is 3.79. The number of carboxylic acids is 1. The second-order valence-electron chi connectivity index (χ2n) is 8.48. The van der Waals surface area contributed by atoms with Crippen LogP contribution in [0.25, 0.3) is 28.2 Å². The van der Waals surface area contributed by atoms with Gasteiger partial charge in [-0.15, -0.1) is 0 Å². The second-order valence-corrected chi connectivity index (χ2v) is 8.48. The molecule has 0 saturated heterocycles. The number of fused-ring (bicyclic) bond motifs is 4. The lowest BCUT2D eigenvalue weighted by molar-refractivity contribution is 0.0663. The van der Waals surface area contributed by atoms with Crippen LogP contribution in [-0.4, -0.2) is 30.3 Å². The Hall–Kier alpha value is -4.65. The molecule has 0 unspecified atom stereocenters. The van der Waals surface area contributed by atoms with E-state index in [0.717, 1.165) is 22.8 Å². The highest BCUT2D eigenvalue weighted by Gasteiger charge is 2.28. The molecule has 0 atom stereocenters. The summed E-state index contributed by atoms with van der Waals surface area (Å²) in [5, 5.41) is 12.1. The third-order valence-corrected chi connectivity index (χ3v) is 6.20. The van der Waals surface area contributed by atoms with Crippen molar-refractivity contribution in [3.8, 4) is 11.1 Å². The Kier molecular flexibility index (Phi) is 6.36. The molecule has 180 valence electrons. The zero-order valence-electron chi connectivity index (χ0n) is 19.3. The van der Waals surface area contributed by atoms with Crippen LogP contribution in [0.1, 0.15) is 39.6 Å². The fraction of sp³-hybridized carbons (Fsp3) is 0.138. The number of aromatic carboxylic acids is 1. The maximum atomic E-state index is 12.3. The third kappa shape index (κ3) is 4.63. The van der Waals surface area contributed by atoms with Crippen LogP contribution >= 0.6 is 0 Å². The van der Waals surface area contributed by atoms with Crippen LogP contribution in [0.2, 0.25) is 0 Å². The Morgan fingerprint density at radius 1 is 0.972 bits per heavy atom. The van der Waals surface area contributed by atoms with Crippen molar-refractivity contribution in [2.24, 2.45) is 0 Å². The molecule has 0 fully saturated rings. The van der Waals surface area contributed by atoms with Crippen molar-refractivity contribution >= 4 is 29.1 Å². The summed E-state index contributed by atoms with van der Waals surface area (Å²) in [6, 6.07) is 22.3. The first-order valence-corrected chi connectivity index (χ1v) is 11.6. The molecule has 0 aliphatic heterocycles. The van der Waals surface area contributed by atoms with Gasteiger partial charge in [-0.05, 0) is 46.4 Å². The van der Waals surface area contributed by atoms with Crippen molar-refractivity contribution in [1.82, 2.24) is 5.32 Å². The van der Waals surface area contributed by atoms with Crippen molar-refractivity contribution in [3.05, 3.63) is 112 Å². The molecule has 0 radical (unpaired) electrons. The van der Waals surface area contributed by atoms with Gasteiger partial charge in [-0.2, -0.15) is 0 Å². The molecule has 0 bridgehead atoms. The van der Waals surface area contributed by atoms with Gasteiger partial charge in [-0.1, -0.05) is 66.7 Å². The standard InChI is InChI=1S/C29H23NO6/c31-25-16-27(28(32)33)36-26-13-12-18(15-23(25)26)7-5-6-14-30-29(34)35-17-24-21-10-3-1-8-19(21)20-9-2-4-11-22(20)24/h1-5,7-13,15-16,24H,6,14,17H2,(H,30,34)(H,32,33). The Balaban J connectivity index is 1.14. The van der Waals surface area contributed by atoms with E-state index >= 15 is 0 Å². The summed E-state index contributed by atoms with van der Waals surface area (Å²) in [5.41, 5.74) is 5.26. The maximum Gasteiger partial charge on any atom is 0.407 e. The molecule has 1 aliphatic carbocycles. The summed E-state index contributed by atoms with van der Waals surface area (Å²) >= 11 is 0. The highest BCUT2D eigenvalue weighted by molar-refractivity contribution is 5.88. The number of hydrogen-bond acceptors (Lipinski definition) is 5. The van der Waals surface area contributed by atoms with Crippen molar-refractivity contribution in [2.75, 3.05) is 13.2 Å². The molecule has 36 heavy (non-hydrogen) atoms. The zero-order valence-corrected chi connectivity index (χ0v) is 19.3. The minimum atomic E-state index is -1.29. The number of ether oxygens (including phenoxy) is 1. The van der Waals surface area contributed by atoms with Gasteiger partial charge in [0.1, 0.15) is 12.2 Å². The summed E-state index contributed by atoms with van der Waals surface area (Å²) in [4.78, 5) is 35.5. The van der Waals surface area contributed by atoms with Crippen LogP contribution in [-0.2, 0) is 4.74 Å². The highest BCUT2D eigenvalue weighted by Crippen LogP contribution is 2.44. The van der Waals surface area contributed by atoms with E-state index in [2.05, 4.69) is 29.6 Å². The molecule has 1 aliphatic rings. The fourth-order valence-corrected chi connectivity index (χ4v) is 4.51. The van der Waals surface area contributed by atoms with Gasteiger partial charge < -0.3 is 19.6 Å². The lowest BCUT2D eigenvalue weighted by Crippen LogP contribution is -2.26. The average Bonchev–Trinajstić information content (AvgIpc) is 3.21. The van der Waals surface area contributed by atoms with Crippen LogP contribution in [0.15, 0.2) is 88.1 Å². The third-order valence-electron chi connectivity index (χ3n) is 6.20. The summed E-state index contributed by atoms with van der Waals surface area (Å²) in [5.74, 6) is -1.67. The Morgan fingerprint density at radius 2 is 1.67 bits per heavy atom. The predicted octanol–water partition coefficient (Wildman–Crippen LogP) is 5.43. The molecule has 2 N–H and O–H groups in total. The monoisotopic (exact) mass is 481 g/mol. The predicted molar refractivity (Wildman–Crippen MR) is 136 cm³/mol. The number of rotatable bonds is 7. The van der Waals surface area contributed by atoms with E-state index < -0.39 is 23.3 Å². The van der Waals surface area contributed by atoms with Crippen LogP contribution in [0, 0.1) is 0 Å². The number of hydrogen-bond donors (Lipinski definition) is 2. The molecule has 1 amide bonds. The van der Waals surface area contributed by atoms with Crippen molar-refractivity contribution in [3.63, 3.8) is 0 Å². The summed E-state index contributed by atoms with van der Waals surface area (Å²) in [6.45, 7) is 0.657. The molecular weight excluding hydrogens is 458 g/mol. The van der Waals surface area contributed by atoms with Gasteiger partial charge in [0.25, 0.3) is 0 Å². The van der Waals surface area contributed by atoms with E-state index in [1.807, 2.05) is 36.4 Å². The lowest BCUT2D eigenvalue weighted by Gasteiger charge is -2.14. The van der Waals surface area contributed by atoms with Gasteiger partial charge in [0.15, 0.2) is 5.43 Å². The quantitative estimate of drug-likeness (QED) is 0.341. The first-order chi connectivity index (χ1) is 17.5. The molecule has 1 aromatic heterocycles. The van der Waals surface area contributed by atoms with E-state index in [-0.39, 0.29) is 18.1 Å². The van der Waals surface area contributed by atoms with Crippen LogP contribution in [0.5, 0.6) is 0 Å². The number of benzene rings is 3. The number of nitrogens with one attached hydrogen (secondary N) is 1.